The van der Waals surface area contributed by atoms with Crippen LogP contribution in [0.1, 0.15) is 48.0 Å². The van der Waals surface area contributed by atoms with Crippen molar-refractivity contribution in [2.75, 3.05) is 6.54 Å². The summed E-state index contributed by atoms with van der Waals surface area (Å²) in [6.45, 7) is 7.84. The Balaban J connectivity index is 1.84. The molecular formula is C24H25F2N3O3. The lowest BCUT2D eigenvalue weighted by Gasteiger charge is -2.32. The zero-order valence-corrected chi connectivity index (χ0v) is 18.4. The average Bonchev–Trinajstić information content (AvgIpc) is 3.07. The summed E-state index contributed by atoms with van der Waals surface area (Å²) in [7, 11) is 0. The highest BCUT2D eigenvalue weighted by molar-refractivity contribution is 6.10. The number of nitrogens with zero attached hydrogens (tertiary/aromatic N) is 1. The number of H-pyrrole nitrogens is 1. The Morgan fingerprint density at radius 3 is 2.56 bits per heavy atom. The van der Waals surface area contributed by atoms with Gasteiger partial charge in [-0.1, -0.05) is 18.2 Å². The smallest absolute Gasteiger partial charge is 0.410 e. The highest BCUT2D eigenvalue weighted by Crippen LogP contribution is 2.39. The molecule has 0 saturated heterocycles. The van der Waals surface area contributed by atoms with Crippen LogP contribution < -0.4 is 5.73 Å². The van der Waals surface area contributed by atoms with E-state index in [4.69, 9.17) is 10.5 Å². The number of aromatic amines is 1. The van der Waals surface area contributed by atoms with E-state index in [0.29, 0.717) is 36.2 Å². The number of aryl methyl sites for hydroxylation is 1. The number of carbonyl (C=O) groups is 2. The zero-order valence-electron chi connectivity index (χ0n) is 18.4. The largest absolute Gasteiger partial charge is 0.444 e. The molecule has 0 unspecified atom stereocenters. The van der Waals surface area contributed by atoms with E-state index in [1.807, 2.05) is 6.07 Å². The van der Waals surface area contributed by atoms with E-state index in [1.54, 1.807) is 50.8 Å². The van der Waals surface area contributed by atoms with Gasteiger partial charge in [-0.15, -0.1) is 0 Å². The van der Waals surface area contributed by atoms with Gasteiger partial charge >= 0.3 is 6.09 Å². The van der Waals surface area contributed by atoms with Crippen LogP contribution in [0, 0.1) is 18.6 Å². The first-order valence-corrected chi connectivity index (χ1v) is 10.4. The van der Waals surface area contributed by atoms with E-state index in [1.165, 1.54) is 0 Å². The van der Waals surface area contributed by atoms with Gasteiger partial charge in [0.15, 0.2) is 11.6 Å². The van der Waals surface area contributed by atoms with Crippen molar-refractivity contribution in [1.29, 1.82) is 0 Å². The number of benzene rings is 2. The third kappa shape index (κ3) is 3.70. The predicted octanol–water partition coefficient (Wildman–Crippen LogP) is 4.81. The van der Waals surface area contributed by atoms with Gasteiger partial charge in [-0.3, -0.25) is 4.79 Å². The minimum atomic E-state index is -1.27. The molecule has 0 atom stereocenters. The maximum Gasteiger partial charge on any atom is 0.410 e. The lowest BCUT2D eigenvalue weighted by molar-refractivity contribution is 0.0224. The van der Waals surface area contributed by atoms with Crippen LogP contribution in [-0.4, -0.2) is 34.0 Å². The van der Waals surface area contributed by atoms with Crippen molar-refractivity contribution in [3.63, 3.8) is 0 Å². The number of nitrogens with one attached hydrogen (secondary N) is 1. The van der Waals surface area contributed by atoms with Crippen molar-refractivity contribution in [2.24, 2.45) is 5.73 Å². The number of fused-ring (bicyclic) bond motifs is 2. The van der Waals surface area contributed by atoms with E-state index in [9.17, 15) is 14.0 Å². The van der Waals surface area contributed by atoms with Gasteiger partial charge in [-0.25, -0.2) is 13.6 Å². The summed E-state index contributed by atoms with van der Waals surface area (Å²) >= 11 is 0. The molecule has 3 aromatic rings. The van der Waals surface area contributed by atoms with Crippen molar-refractivity contribution in [3.05, 3.63) is 58.3 Å². The Bertz CT molecular complexity index is 1260. The number of primary amides is 1. The van der Waals surface area contributed by atoms with Crippen LogP contribution in [0.4, 0.5) is 13.6 Å². The SMILES string of the molecule is Cc1cc2c(-c3cccc4c3CCN(C(=O)OC(C)(C)C)C4)c(F)c(F)c(C(N)=O)c2[nH]1. The molecule has 6 nitrogen and oxygen atoms in total. The van der Waals surface area contributed by atoms with E-state index in [0.717, 1.165) is 11.1 Å². The maximum absolute atomic E-state index is 15.3. The van der Waals surface area contributed by atoms with Crippen LogP contribution in [0.5, 0.6) is 0 Å². The fraction of sp³-hybridized carbons (Fsp3) is 0.333. The average molecular weight is 441 g/mol. The second-order valence-corrected chi connectivity index (χ2v) is 9.08. The fourth-order valence-corrected chi connectivity index (χ4v) is 4.25. The van der Waals surface area contributed by atoms with Crippen molar-refractivity contribution >= 4 is 22.9 Å². The van der Waals surface area contributed by atoms with Crippen molar-refractivity contribution in [3.8, 4) is 11.1 Å². The van der Waals surface area contributed by atoms with E-state index in [-0.39, 0.29) is 11.1 Å². The summed E-state index contributed by atoms with van der Waals surface area (Å²) in [4.78, 5) is 28.9. The topological polar surface area (TPSA) is 88.4 Å². The third-order valence-electron chi connectivity index (χ3n) is 5.54. The first-order valence-electron chi connectivity index (χ1n) is 10.4. The molecule has 32 heavy (non-hydrogen) atoms. The van der Waals surface area contributed by atoms with Crippen LogP contribution >= 0.6 is 0 Å². The van der Waals surface area contributed by atoms with Gasteiger partial charge < -0.3 is 20.4 Å². The number of hydrogen-bond donors (Lipinski definition) is 2. The first kappa shape index (κ1) is 21.8. The lowest BCUT2D eigenvalue weighted by atomic mass is 9.88. The zero-order chi connectivity index (χ0) is 23.4. The van der Waals surface area contributed by atoms with Crippen LogP contribution in [0.15, 0.2) is 24.3 Å². The minimum absolute atomic E-state index is 0.0782. The summed E-state index contributed by atoms with van der Waals surface area (Å²) in [5.41, 5.74) is 7.32. The summed E-state index contributed by atoms with van der Waals surface area (Å²) < 4.78 is 35.7. The molecule has 1 aliphatic rings. The van der Waals surface area contributed by atoms with Crippen LogP contribution in [-0.2, 0) is 17.7 Å². The van der Waals surface area contributed by atoms with Gasteiger partial charge in [0.2, 0.25) is 0 Å². The number of rotatable bonds is 2. The van der Waals surface area contributed by atoms with Crippen LogP contribution in [0.2, 0.25) is 0 Å². The summed E-state index contributed by atoms with van der Waals surface area (Å²) in [5, 5.41) is 0.387. The molecule has 0 fully saturated rings. The van der Waals surface area contributed by atoms with Gasteiger partial charge in [-0.05, 0) is 56.9 Å². The summed E-state index contributed by atoms with van der Waals surface area (Å²) in [5.74, 6) is -3.43. The molecule has 0 saturated carbocycles. The number of aromatic nitrogens is 1. The number of hydrogen-bond acceptors (Lipinski definition) is 3. The molecule has 3 N–H and O–H groups in total. The quantitative estimate of drug-likeness (QED) is 0.598. The van der Waals surface area contributed by atoms with E-state index in [2.05, 4.69) is 4.98 Å². The Labute approximate surface area is 184 Å². The lowest BCUT2D eigenvalue weighted by Crippen LogP contribution is -2.40. The monoisotopic (exact) mass is 441 g/mol. The van der Waals surface area contributed by atoms with Crippen molar-refractivity contribution < 1.29 is 23.1 Å². The van der Waals surface area contributed by atoms with E-state index >= 15 is 4.39 Å². The normalized spacial score (nSPS) is 13.9. The second-order valence-electron chi connectivity index (χ2n) is 9.08. The highest BCUT2D eigenvalue weighted by Gasteiger charge is 2.30. The standard InChI is InChI=1S/C24H25F2N3O3/c1-12-10-16-17(19(25)20(26)18(22(27)30)21(16)28-12)15-7-5-6-13-11-29(9-8-14(13)15)23(31)32-24(2,3)4/h5-7,10,28H,8-9,11H2,1-4H3,(H2,27,30). The Kier molecular flexibility index (Phi) is 5.19. The molecule has 4 rings (SSSR count). The number of halogens is 2. The molecule has 0 spiro atoms. The molecule has 0 radical (unpaired) electrons. The summed E-state index contributed by atoms with van der Waals surface area (Å²) in [6, 6.07) is 7.01. The third-order valence-corrected chi connectivity index (χ3v) is 5.54. The molecule has 1 aromatic heterocycles. The highest BCUT2D eigenvalue weighted by atomic mass is 19.2. The van der Waals surface area contributed by atoms with Crippen molar-refractivity contribution in [1.82, 2.24) is 9.88 Å². The van der Waals surface area contributed by atoms with Gasteiger partial charge in [0.1, 0.15) is 11.2 Å². The molecule has 0 bridgehead atoms. The molecule has 2 heterocycles. The van der Waals surface area contributed by atoms with Crippen LogP contribution in [0.3, 0.4) is 0 Å². The number of ether oxygens (including phenoxy) is 1. The second kappa shape index (κ2) is 7.62. The minimum Gasteiger partial charge on any atom is -0.444 e. The maximum atomic E-state index is 15.3. The van der Waals surface area contributed by atoms with Gasteiger partial charge in [-0.2, -0.15) is 0 Å². The molecule has 1 aliphatic heterocycles. The fourth-order valence-electron chi connectivity index (χ4n) is 4.25. The molecule has 2 amide bonds. The number of amides is 2. The molecule has 0 aliphatic carbocycles. The van der Waals surface area contributed by atoms with Gasteiger partial charge in [0.05, 0.1) is 5.52 Å². The van der Waals surface area contributed by atoms with Gasteiger partial charge in [0.25, 0.3) is 5.91 Å². The molecule has 2 aromatic carbocycles. The Morgan fingerprint density at radius 2 is 1.91 bits per heavy atom. The predicted molar refractivity (Wildman–Crippen MR) is 117 cm³/mol. The van der Waals surface area contributed by atoms with Crippen molar-refractivity contribution in [2.45, 2.75) is 46.3 Å². The molecule has 8 heteroatoms. The molecular weight excluding hydrogens is 416 g/mol. The Hall–Kier alpha value is -3.42. The van der Waals surface area contributed by atoms with Crippen LogP contribution in [0.25, 0.3) is 22.0 Å². The van der Waals surface area contributed by atoms with E-state index < -0.39 is 34.8 Å². The first-order chi connectivity index (χ1) is 15.0. The molecule has 168 valence electrons. The van der Waals surface area contributed by atoms with Gasteiger partial charge in [0, 0.05) is 29.7 Å². The Morgan fingerprint density at radius 1 is 1.19 bits per heavy atom. The summed E-state index contributed by atoms with van der Waals surface area (Å²) in [6.07, 6.45) is 0.0362. The number of nitrogens with two attached hydrogens (primary N) is 1. The number of carbonyl (C=O) groups excluding carboxylic acids is 2.